The maximum atomic E-state index is 11.8. The second-order valence-electron chi connectivity index (χ2n) is 5.24. The molecule has 0 bridgehead atoms. The quantitative estimate of drug-likeness (QED) is 0.390. The SMILES string of the molecule is O=C(CSc1ccccn1)N/N=C/c1cccc(Oc2ccccc2)c1. The Labute approximate surface area is 156 Å². The van der Waals surface area contributed by atoms with Crippen LogP contribution in [-0.2, 0) is 4.79 Å². The number of hydrogen-bond acceptors (Lipinski definition) is 5. The second kappa shape index (κ2) is 9.39. The summed E-state index contributed by atoms with van der Waals surface area (Å²) in [6.07, 6.45) is 3.28. The first-order chi connectivity index (χ1) is 12.8. The molecule has 1 N–H and O–H groups in total. The van der Waals surface area contributed by atoms with E-state index in [9.17, 15) is 4.79 Å². The topological polar surface area (TPSA) is 63.6 Å². The Morgan fingerprint density at radius 2 is 1.85 bits per heavy atom. The molecule has 5 nitrogen and oxygen atoms in total. The van der Waals surface area contributed by atoms with Crippen molar-refractivity contribution in [3.63, 3.8) is 0 Å². The van der Waals surface area contributed by atoms with Crippen LogP contribution in [0, 0.1) is 0 Å². The highest BCUT2D eigenvalue weighted by Crippen LogP contribution is 2.21. The standard InChI is InChI=1S/C20H17N3O2S/c24-19(15-26-20-11-4-5-12-21-20)23-22-14-16-7-6-10-18(13-16)25-17-8-2-1-3-9-17/h1-14H,15H2,(H,23,24)/b22-14+. The minimum Gasteiger partial charge on any atom is -0.457 e. The first kappa shape index (κ1) is 17.7. The molecule has 1 heterocycles. The Kier molecular flexibility index (Phi) is 6.39. The van der Waals surface area contributed by atoms with E-state index >= 15 is 0 Å². The van der Waals surface area contributed by atoms with Crippen LogP contribution in [-0.4, -0.2) is 22.9 Å². The fraction of sp³-hybridized carbons (Fsp3) is 0.0500. The van der Waals surface area contributed by atoms with Crippen LogP contribution in [0.15, 0.2) is 89.1 Å². The van der Waals surface area contributed by atoms with Crippen molar-refractivity contribution in [2.75, 3.05) is 5.75 Å². The molecule has 2 aromatic carbocycles. The van der Waals surface area contributed by atoms with Gasteiger partial charge in [-0.1, -0.05) is 48.2 Å². The highest BCUT2D eigenvalue weighted by Gasteiger charge is 2.02. The first-order valence-corrected chi connectivity index (χ1v) is 8.97. The highest BCUT2D eigenvalue weighted by atomic mass is 32.2. The lowest BCUT2D eigenvalue weighted by Gasteiger charge is -2.05. The van der Waals surface area contributed by atoms with E-state index in [1.807, 2.05) is 72.8 Å². The molecule has 0 aliphatic carbocycles. The average Bonchev–Trinajstić information content (AvgIpc) is 2.68. The minimum absolute atomic E-state index is 0.186. The van der Waals surface area contributed by atoms with Crippen molar-refractivity contribution in [2.24, 2.45) is 5.10 Å². The molecule has 6 heteroatoms. The Bertz CT molecular complexity index is 870. The molecule has 1 aromatic heterocycles. The van der Waals surface area contributed by atoms with Crippen LogP contribution < -0.4 is 10.2 Å². The molecule has 130 valence electrons. The molecule has 0 aliphatic rings. The van der Waals surface area contributed by atoms with E-state index in [0.717, 1.165) is 16.3 Å². The fourth-order valence-corrected chi connectivity index (χ4v) is 2.72. The molecule has 0 atom stereocenters. The van der Waals surface area contributed by atoms with Gasteiger partial charge < -0.3 is 4.74 Å². The average molecular weight is 363 g/mol. The van der Waals surface area contributed by atoms with Gasteiger partial charge in [-0.05, 0) is 42.0 Å². The third kappa shape index (κ3) is 5.75. The van der Waals surface area contributed by atoms with Gasteiger partial charge in [0.1, 0.15) is 11.5 Å². The summed E-state index contributed by atoms with van der Waals surface area (Å²) in [5, 5.41) is 4.79. The number of thioether (sulfide) groups is 1. The number of benzene rings is 2. The molecule has 0 saturated carbocycles. The zero-order valence-corrected chi connectivity index (χ0v) is 14.7. The largest absolute Gasteiger partial charge is 0.457 e. The molecule has 0 aliphatic heterocycles. The molecule has 0 radical (unpaired) electrons. The Morgan fingerprint density at radius 1 is 1.04 bits per heavy atom. The van der Waals surface area contributed by atoms with Crippen LogP contribution in [0.2, 0.25) is 0 Å². The summed E-state index contributed by atoms with van der Waals surface area (Å²) in [5.74, 6) is 1.54. The van der Waals surface area contributed by atoms with Crippen molar-refractivity contribution < 1.29 is 9.53 Å². The number of hydrazone groups is 1. The lowest BCUT2D eigenvalue weighted by molar-refractivity contribution is -0.118. The molecule has 3 rings (SSSR count). The Balaban J connectivity index is 1.50. The lowest BCUT2D eigenvalue weighted by atomic mass is 10.2. The van der Waals surface area contributed by atoms with Crippen molar-refractivity contribution in [1.82, 2.24) is 10.4 Å². The van der Waals surface area contributed by atoms with Crippen molar-refractivity contribution in [3.05, 3.63) is 84.6 Å². The number of nitrogens with zero attached hydrogens (tertiary/aromatic N) is 2. The van der Waals surface area contributed by atoms with Crippen molar-refractivity contribution in [3.8, 4) is 11.5 Å². The number of para-hydroxylation sites is 1. The molecular weight excluding hydrogens is 346 g/mol. The number of amides is 1. The molecule has 1 amide bonds. The minimum atomic E-state index is -0.186. The number of carbonyl (C=O) groups is 1. The third-order valence-corrected chi connectivity index (χ3v) is 4.17. The lowest BCUT2D eigenvalue weighted by Crippen LogP contribution is -2.19. The van der Waals surface area contributed by atoms with E-state index in [-0.39, 0.29) is 11.7 Å². The summed E-state index contributed by atoms with van der Waals surface area (Å²) in [7, 11) is 0. The van der Waals surface area contributed by atoms with E-state index in [1.54, 1.807) is 12.4 Å². The number of carbonyl (C=O) groups excluding carboxylic acids is 1. The third-order valence-electron chi connectivity index (χ3n) is 3.23. The van der Waals surface area contributed by atoms with Gasteiger partial charge in [0.05, 0.1) is 17.0 Å². The summed E-state index contributed by atoms with van der Waals surface area (Å²) < 4.78 is 5.77. The van der Waals surface area contributed by atoms with Crippen molar-refractivity contribution >= 4 is 23.9 Å². The zero-order valence-electron chi connectivity index (χ0n) is 13.9. The number of pyridine rings is 1. The molecule has 0 unspecified atom stereocenters. The van der Waals surface area contributed by atoms with Crippen LogP contribution in [0.25, 0.3) is 0 Å². The number of nitrogens with one attached hydrogen (secondary N) is 1. The van der Waals surface area contributed by atoms with Crippen molar-refractivity contribution in [1.29, 1.82) is 0 Å². The maximum Gasteiger partial charge on any atom is 0.250 e. The zero-order chi connectivity index (χ0) is 18.0. The van der Waals surface area contributed by atoms with Gasteiger partial charge in [0.25, 0.3) is 0 Å². The molecule has 0 saturated heterocycles. The van der Waals surface area contributed by atoms with Gasteiger partial charge in [-0.25, -0.2) is 10.4 Å². The monoisotopic (exact) mass is 363 g/mol. The maximum absolute atomic E-state index is 11.8. The van der Waals surface area contributed by atoms with Crippen LogP contribution in [0.5, 0.6) is 11.5 Å². The fourth-order valence-electron chi connectivity index (χ4n) is 2.07. The summed E-state index contributed by atoms with van der Waals surface area (Å²) in [4.78, 5) is 16.0. The normalized spacial score (nSPS) is 10.6. The predicted octanol–water partition coefficient (Wildman–Crippen LogP) is 4.12. The van der Waals surface area contributed by atoms with Crippen LogP contribution >= 0.6 is 11.8 Å². The molecule has 0 spiro atoms. The molecule has 26 heavy (non-hydrogen) atoms. The molecule has 3 aromatic rings. The number of ether oxygens (including phenoxy) is 1. The van der Waals surface area contributed by atoms with Crippen molar-refractivity contribution in [2.45, 2.75) is 5.03 Å². The van der Waals surface area contributed by atoms with Crippen LogP contribution in [0.3, 0.4) is 0 Å². The summed E-state index contributed by atoms with van der Waals surface area (Å²) >= 11 is 1.36. The summed E-state index contributed by atoms with van der Waals surface area (Å²) in [5.41, 5.74) is 3.34. The Hall–Kier alpha value is -3.12. The summed E-state index contributed by atoms with van der Waals surface area (Å²) in [6.45, 7) is 0. The molecular formula is C20H17N3O2S. The number of rotatable bonds is 7. The van der Waals surface area contributed by atoms with Gasteiger partial charge in [-0.3, -0.25) is 4.79 Å². The van der Waals surface area contributed by atoms with Gasteiger partial charge in [-0.2, -0.15) is 5.10 Å². The number of aromatic nitrogens is 1. The second-order valence-corrected chi connectivity index (χ2v) is 6.23. The first-order valence-electron chi connectivity index (χ1n) is 7.98. The smallest absolute Gasteiger partial charge is 0.250 e. The van der Waals surface area contributed by atoms with E-state index in [0.29, 0.717) is 5.75 Å². The van der Waals surface area contributed by atoms with E-state index in [4.69, 9.17) is 4.74 Å². The van der Waals surface area contributed by atoms with E-state index in [2.05, 4.69) is 15.5 Å². The van der Waals surface area contributed by atoms with Crippen LogP contribution in [0.1, 0.15) is 5.56 Å². The highest BCUT2D eigenvalue weighted by molar-refractivity contribution is 7.99. The van der Waals surface area contributed by atoms with Gasteiger partial charge in [0, 0.05) is 6.20 Å². The molecule has 0 fully saturated rings. The van der Waals surface area contributed by atoms with Gasteiger partial charge in [0.15, 0.2) is 0 Å². The summed E-state index contributed by atoms with van der Waals surface area (Å²) in [6, 6.07) is 22.6. The predicted molar refractivity (Wildman–Crippen MR) is 104 cm³/mol. The van der Waals surface area contributed by atoms with Gasteiger partial charge in [-0.15, -0.1) is 0 Å². The van der Waals surface area contributed by atoms with Gasteiger partial charge in [0.2, 0.25) is 5.91 Å². The van der Waals surface area contributed by atoms with Crippen LogP contribution in [0.4, 0.5) is 0 Å². The van der Waals surface area contributed by atoms with E-state index < -0.39 is 0 Å². The van der Waals surface area contributed by atoms with Gasteiger partial charge >= 0.3 is 0 Å². The number of hydrogen-bond donors (Lipinski definition) is 1. The van der Waals surface area contributed by atoms with E-state index in [1.165, 1.54) is 11.8 Å². The Morgan fingerprint density at radius 3 is 2.65 bits per heavy atom.